The molecule has 2 N–H and O–H groups in total. The molecule has 4 rings (SSSR count). The summed E-state index contributed by atoms with van der Waals surface area (Å²) in [5.41, 5.74) is 7.26. The van der Waals surface area contributed by atoms with Gasteiger partial charge in [0.1, 0.15) is 11.5 Å². The third-order valence-electron chi connectivity index (χ3n) is 7.18. The molecule has 0 unspecified atom stereocenters. The van der Waals surface area contributed by atoms with Crippen LogP contribution >= 0.6 is 0 Å². The Balaban J connectivity index is 1.21. The standard InChI is InChI=1S/C29H37N5O2/c1-2-3-16-31-27(30)9-6-17-33-18-12-24(13-19-33)29(36)34-20-14-23(15-21-34)28(35)26-11-10-22-7-4-5-8-25(22)32-26/h3-11,16,23-24H,2,12-15,17-21H2,1H3,(H2,30,31)/b9-6+,16-3-. The van der Waals surface area contributed by atoms with Gasteiger partial charge in [0.25, 0.3) is 0 Å². The number of carbonyl (C=O) groups excluding carboxylic acids is 2. The second kappa shape index (κ2) is 12.6. The molecule has 0 radical (unpaired) electrons. The number of likely N-dealkylation sites (tertiary alicyclic amines) is 2. The maximum Gasteiger partial charge on any atom is 0.225 e. The minimum Gasteiger partial charge on any atom is -0.384 e. The molecule has 0 atom stereocenters. The Bertz CT molecular complexity index is 1140. The summed E-state index contributed by atoms with van der Waals surface area (Å²) in [4.78, 5) is 39.2. The van der Waals surface area contributed by atoms with Crippen molar-refractivity contribution in [3.63, 3.8) is 0 Å². The van der Waals surface area contributed by atoms with Crippen LogP contribution in [0.25, 0.3) is 10.9 Å². The number of pyridine rings is 1. The van der Waals surface area contributed by atoms with E-state index in [1.807, 2.05) is 59.5 Å². The topological polar surface area (TPSA) is 91.9 Å². The summed E-state index contributed by atoms with van der Waals surface area (Å²) < 4.78 is 0. The second-order valence-corrected chi connectivity index (χ2v) is 9.68. The molecule has 36 heavy (non-hydrogen) atoms. The maximum absolute atomic E-state index is 13.1. The van der Waals surface area contributed by atoms with Crippen LogP contribution in [0.2, 0.25) is 0 Å². The monoisotopic (exact) mass is 487 g/mol. The number of nitrogens with zero attached hydrogens (tertiary/aromatic N) is 4. The van der Waals surface area contributed by atoms with Crippen LogP contribution in [0, 0.1) is 11.8 Å². The molecule has 2 fully saturated rings. The lowest BCUT2D eigenvalue weighted by atomic mass is 9.89. The number of amidine groups is 1. The Morgan fingerprint density at radius 1 is 1.00 bits per heavy atom. The van der Waals surface area contributed by atoms with E-state index in [1.165, 1.54) is 0 Å². The van der Waals surface area contributed by atoms with Crippen molar-refractivity contribution in [3.8, 4) is 0 Å². The van der Waals surface area contributed by atoms with Gasteiger partial charge in [-0.2, -0.15) is 0 Å². The van der Waals surface area contributed by atoms with E-state index in [1.54, 1.807) is 6.20 Å². The third kappa shape index (κ3) is 6.66. The number of nitrogens with two attached hydrogens (primary N) is 1. The smallest absolute Gasteiger partial charge is 0.225 e. The van der Waals surface area contributed by atoms with Crippen molar-refractivity contribution < 1.29 is 9.59 Å². The highest BCUT2D eigenvalue weighted by atomic mass is 16.2. The van der Waals surface area contributed by atoms with Gasteiger partial charge in [-0.3, -0.25) is 14.5 Å². The summed E-state index contributed by atoms with van der Waals surface area (Å²) in [6.45, 7) is 5.96. The number of para-hydroxylation sites is 1. The van der Waals surface area contributed by atoms with Gasteiger partial charge in [0.05, 0.1) is 5.52 Å². The van der Waals surface area contributed by atoms with E-state index in [9.17, 15) is 9.59 Å². The number of carbonyl (C=O) groups is 2. The first kappa shape index (κ1) is 25.8. The summed E-state index contributed by atoms with van der Waals surface area (Å²) >= 11 is 0. The highest BCUT2D eigenvalue weighted by molar-refractivity contribution is 5.98. The van der Waals surface area contributed by atoms with Crippen LogP contribution in [0.1, 0.15) is 49.5 Å². The normalized spacial score (nSPS) is 19.0. The van der Waals surface area contributed by atoms with Gasteiger partial charge >= 0.3 is 0 Å². The first-order chi connectivity index (χ1) is 17.5. The number of Topliss-reactive ketones (excluding diaryl/α,β-unsaturated/α-hetero) is 1. The quantitative estimate of drug-likeness (QED) is 0.342. The van der Waals surface area contributed by atoms with Gasteiger partial charge in [0.15, 0.2) is 5.78 Å². The fourth-order valence-corrected chi connectivity index (χ4v) is 5.00. The molecule has 190 valence electrons. The van der Waals surface area contributed by atoms with E-state index in [0.717, 1.165) is 49.8 Å². The Hall–Kier alpha value is -3.32. The number of benzene rings is 1. The number of hydrogen-bond acceptors (Lipinski definition) is 5. The second-order valence-electron chi connectivity index (χ2n) is 9.68. The van der Waals surface area contributed by atoms with Crippen LogP contribution in [0.5, 0.6) is 0 Å². The molecule has 0 spiro atoms. The SMILES string of the molecule is CC\C=C/N=C(N)\C=C\CN1CCC(C(=O)N2CCC(C(=O)c3ccc4ccccc4n3)CC2)CC1. The van der Waals surface area contributed by atoms with Gasteiger partial charge in [-0.25, -0.2) is 9.98 Å². The molecular weight excluding hydrogens is 450 g/mol. The first-order valence-corrected chi connectivity index (χ1v) is 13.1. The zero-order valence-corrected chi connectivity index (χ0v) is 21.2. The van der Waals surface area contributed by atoms with Gasteiger partial charge in [0, 0.05) is 43.1 Å². The van der Waals surface area contributed by atoms with E-state index in [2.05, 4.69) is 21.8 Å². The number of hydrogen-bond donors (Lipinski definition) is 1. The first-order valence-electron chi connectivity index (χ1n) is 13.1. The van der Waals surface area contributed by atoms with Gasteiger partial charge < -0.3 is 10.6 Å². The number of aromatic nitrogens is 1. The number of aliphatic imine (C=N–C) groups is 1. The molecule has 3 heterocycles. The number of ketones is 1. The number of amides is 1. The van der Waals surface area contributed by atoms with Crippen molar-refractivity contribution in [1.29, 1.82) is 0 Å². The predicted molar refractivity (Wildman–Crippen MR) is 145 cm³/mol. The van der Waals surface area contributed by atoms with Crippen LogP contribution in [0.4, 0.5) is 0 Å². The lowest BCUT2D eigenvalue weighted by Crippen LogP contribution is -2.46. The minimum atomic E-state index is -0.0650. The van der Waals surface area contributed by atoms with Gasteiger partial charge in [-0.15, -0.1) is 0 Å². The van der Waals surface area contributed by atoms with E-state index in [4.69, 9.17) is 5.73 Å². The van der Waals surface area contributed by atoms with Crippen molar-refractivity contribution in [1.82, 2.24) is 14.8 Å². The lowest BCUT2D eigenvalue weighted by Gasteiger charge is -2.36. The molecule has 2 aliphatic heterocycles. The largest absolute Gasteiger partial charge is 0.384 e. The van der Waals surface area contributed by atoms with Crippen molar-refractivity contribution >= 4 is 28.4 Å². The number of rotatable bonds is 8. The van der Waals surface area contributed by atoms with Gasteiger partial charge in [-0.05, 0) is 63.4 Å². The predicted octanol–water partition coefficient (Wildman–Crippen LogP) is 4.21. The average molecular weight is 488 g/mol. The summed E-state index contributed by atoms with van der Waals surface area (Å²) in [6, 6.07) is 11.6. The van der Waals surface area contributed by atoms with Crippen molar-refractivity contribution in [2.45, 2.75) is 39.0 Å². The summed E-state index contributed by atoms with van der Waals surface area (Å²) in [6.07, 6.45) is 11.7. The summed E-state index contributed by atoms with van der Waals surface area (Å²) in [5.74, 6) is 0.860. The number of piperidine rings is 2. The van der Waals surface area contributed by atoms with Crippen LogP contribution in [0.15, 0.2) is 65.8 Å². The van der Waals surface area contributed by atoms with Gasteiger partial charge in [0.2, 0.25) is 5.91 Å². The van der Waals surface area contributed by atoms with Crippen LogP contribution < -0.4 is 5.73 Å². The van der Waals surface area contributed by atoms with Crippen molar-refractivity contribution in [3.05, 3.63) is 66.5 Å². The van der Waals surface area contributed by atoms with E-state index < -0.39 is 0 Å². The summed E-state index contributed by atoms with van der Waals surface area (Å²) in [5, 5.41) is 1.04. The molecule has 7 nitrogen and oxygen atoms in total. The molecule has 0 saturated carbocycles. The Labute approximate surface area is 213 Å². The van der Waals surface area contributed by atoms with Crippen LogP contribution in [0.3, 0.4) is 0 Å². The van der Waals surface area contributed by atoms with E-state index >= 15 is 0 Å². The van der Waals surface area contributed by atoms with Crippen molar-refractivity contribution in [2.75, 3.05) is 32.7 Å². The molecule has 0 aliphatic carbocycles. The minimum absolute atomic E-state index is 0.0650. The van der Waals surface area contributed by atoms with Crippen molar-refractivity contribution in [2.24, 2.45) is 22.6 Å². The lowest BCUT2D eigenvalue weighted by molar-refractivity contribution is -0.138. The molecule has 7 heteroatoms. The van der Waals surface area contributed by atoms with Gasteiger partial charge in [-0.1, -0.05) is 43.3 Å². The molecule has 1 amide bonds. The molecule has 2 aromatic rings. The number of fused-ring (bicyclic) bond motifs is 1. The Morgan fingerprint density at radius 2 is 1.72 bits per heavy atom. The third-order valence-corrected chi connectivity index (χ3v) is 7.18. The molecular formula is C29H37N5O2. The van der Waals surface area contributed by atoms with Crippen LogP contribution in [-0.2, 0) is 4.79 Å². The molecule has 1 aromatic heterocycles. The maximum atomic E-state index is 13.1. The average Bonchev–Trinajstić information content (AvgIpc) is 2.92. The molecule has 1 aromatic carbocycles. The van der Waals surface area contributed by atoms with Crippen LogP contribution in [-0.4, -0.2) is 65.0 Å². The molecule has 2 aliphatic rings. The van der Waals surface area contributed by atoms with E-state index in [-0.39, 0.29) is 23.5 Å². The Kier molecular flexibility index (Phi) is 9.01. The molecule has 2 saturated heterocycles. The fourth-order valence-electron chi connectivity index (χ4n) is 5.00. The highest BCUT2D eigenvalue weighted by Crippen LogP contribution is 2.26. The number of allylic oxidation sites excluding steroid dienone is 1. The molecule has 0 bridgehead atoms. The highest BCUT2D eigenvalue weighted by Gasteiger charge is 2.33. The zero-order valence-electron chi connectivity index (χ0n) is 21.2. The summed E-state index contributed by atoms with van der Waals surface area (Å²) in [7, 11) is 0. The van der Waals surface area contributed by atoms with E-state index in [0.29, 0.717) is 37.5 Å². The fraction of sp³-hybridized carbons (Fsp3) is 0.448. The zero-order chi connectivity index (χ0) is 25.3. The Morgan fingerprint density at radius 3 is 2.47 bits per heavy atom.